The standard InChI is InChI=1S/C29H36N2O4S/c1-21-10-12-25(13-11-21)26-14-15-29-27(16-26)35-28(19-30(4)18-24-8-6-5-7-9-24)22(2)17-31(23(3)20-32)36(29,33)34/h5-16,22-23,28,32H,17-20H2,1-4H3/t22-,23-,28-/m0/s1. The molecule has 6 nitrogen and oxygen atoms in total. The van der Waals surface area contributed by atoms with Crippen LogP contribution in [0.15, 0.2) is 77.7 Å². The lowest BCUT2D eigenvalue weighted by molar-refractivity contribution is 0.0734. The molecule has 0 radical (unpaired) electrons. The van der Waals surface area contributed by atoms with E-state index in [2.05, 4.69) is 24.1 Å². The SMILES string of the molecule is Cc1ccc(-c2ccc3c(c2)O[C@@H](CN(C)Cc2ccccc2)[C@@H](C)CN([C@@H](C)CO)S3(=O)=O)cc1. The number of aliphatic hydroxyl groups excluding tert-OH is 1. The molecule has 0 fully saturated rings. The summed E-state index contributed by atoms with van der Waals surface area (Å²) in [5.74, 6) is 0.260. The van der Waals surface area contributed by atoms with Crippen LogP contribution in [-0.2, 0) is 16.6 Å². The molecule has 1 N–H and O–H groups in total. The number of likely N-dealkylation sites (N-methyl/N-ethyl adjacent to an activating group) is 1. The highest BCUT2D eigenvalue weighted by Crippen LogP contribution is 2.36. The van der Waals surface area contributed by atoms with Crippen molar-refractivity contribution in [1.82, 2.24) is 9.21 Å². The summed E-state index contributed by atoms with van der Waals surface area (Å²) in [5.41, 5.74) is 4.26. The summed E-state index contributed by atoms with van der Waals surface area (Å²) < 4.78 is 35.4. The van der Waals surface area contributed by atoms with Gasteiger partial charge in [-0.1, -0.05) is 73.2 Å². The summed E-state index contributed by atoms with van der Waals surface area (Å²) in [6.07, 6.45) is -0.241. The van der Waals surface area contributed by atoms with Crippen molar-refractivity contribution in [3.8, 4) is 16.9 Å². The molecule has 1 heterocycles. The second-order valence-corrected chi connectivity index (χ2v) is 11.8. The number of fused-ring (bicyclic) bond motifs is 1. The van der Waals surface area contributed by atoms with Crippen LogP contribution < -0.4 is 4.74 Å². The van der Waals surface area contributed by atoms with E-state index in [1.165, 1.54) is 9.87 Å². The highest BCUT2D eigenvalue weighted by Gasteiger charge is 2.38. The molecule has 0 saturated heterocycles. The van der Waals surface area contributed by atoms with Crippen molar-refractivity contribution in [3.63, 3.8) is 0 Å². The first-order valence-corrected chi connectivity index (χ1v) is 13.9. The van der Waals surface area contributed by atoms with Crippen LogP contribution in [0.4, 0.5) is 0 Å². The van der Waals surface area contributed by atoms with Crippen molar-refractivity contribution in [2.75, 3.05) is 26.7 Å². The van der Waals surface area contributed by atoms with Gasteiger partial charge in [0.1, 0.15) is 16.7 Å². The highest BCUT2D eigenvalue weighted by molar-refractivity contribution is 7.89. The molecule has 192 valence electrons. The van der Waals surface area contributed by atoms with Gasteiger partial charge in [0, 0.05) is 31.6 Å². The molecule has 0 aromatic heterocycles. The Balaban J connectivity index is 1.72. The molecule has 7 heteroatoms. The van der Waals surface area contributed by atoms with Crippen LogP contribution in [0.3, 0.4) is 0 Å². The Morgan fingerprint density at radius 1 is 1.06 bits per heavy atom. The molecule has 0 bridgehead atoms. The maximum atomic E-state index is 13.7. The summed E-state index contributed by atoms with van der Waals surface area (Å²) >= 11 is 0. The van der Waals surface area contributed by atoms with Gasteiger partial charge in [0.2, 0.25) is 10.0 Å². The van der Waals surface area contributed by atoms with Gasteiger partial charge in [-0.15, -0.1) is 0 Å². The minimum Gasteiger partial charge on any atom is -0.487 e. The third-order valence-corrected chi connectivity index (χ3v) is 8.86. The third-order valence-electron chi connectivity index (χ3n) is 6.84. The van der Waals surface area contributed by atoms with E-state index in [1.54, 1.807) is 13.0 Å². The average molecular weight is 509 g/mol. The zero-order chi connectivity index (χ0) is 25.9. The van der Waals surface area contributed by atoms with Gasteiger partial charge in [-0.25, -0.2) is 8.42 Å². The first-order valence-electron chi connectivity index (χ1n) is 12.4. The van der Waals surface area contributed by atoms with Gasteiger partial charge in [-0.05, 0) is 49.7 Å². The van der Waals surface area contributed by atoms with Crippen molar-refractivity contribution in [3.05, 3.63) is 83.9 Å². The van der Waals surface area contributed by atoms with Gasteiger partial charge in [0.25, 0.3) is 0 Å². The largest absolute Gasteiger partial charge is 0.487 e. The lowest BCUT2D eigenvalue weighted by Gasteiger charge is -2.37. The van der Waals surface area contributed by atoms with Gasteiger partial charge >= 0.3 is 0 Å². The second kappa shape index (κ2) is 11.1. The van der Waals surface area contributed by atoms with Crippen LogP contribution in [0, 0.1) is 12.8 Å². The number of aryl methyl sites for hydroxylation is 1. The monoisotopic (exact) mass is 508 g/mol. The Hall–Kier alpha value is -2.71. The van der Waals surface area contributed by atoms with Gasteiger partial charge in [-0.3, -0.25) is 4.90 Å². The molecular formula is C29H36N2O4S. The van der Waals surface area contributed by atoms with Crippen molar-refractivity contribution in [2.24, 2.45) is 5.92 Å². The van der Waals surface area contributed by atoms with Crippen LogP contribution in [0.1, 0.15) is 25.0 Å². The molecule has 36 heavy (non-hydrogen) atoms. The van der Waals surface area contributed by atoms with Crippen molar-refractivity contribution in [1.29, 1.82) is 0 Å². The minimum absolute atomic E-state index is 0.0943. The molecule has 1 aliphatic rings. The van der Waals surface area contributed by atoms with E-state index in [0.717, 1.165) is 23.2 Å². The Kier molecular flexibility index (Phi) is 8.15. The number of nitrogens with zero attached hydrogens (tertiary/aromatic N) is 2. The first-order chi connectivity index (χ1) is 17.2. The summed E-state index contributed by atoms with van der Waals surface area (Å²) in [7, 11) is -1.81. The fraction of sp³-hybridized carbons (Fsp3) is 0.379. The quantitative estimate of drug-likeness (QED) is 0.507. The second-order valence-electron chi connectivity index (χ2n) is 9.95. The molecule has 0 amide bonds. The number of aliphatic hydroxyl groups is 1. The maximum absolute atomic E-state index is 13.7. The van der Waals surface area contributed by atoms with E-state index in [0.29, 0.717) is 12.3 Å². The average Bonchev–Trinajstić information content (AvgIpc) is 2.86. The van der Waals surface area contributed by atoms with Crippen LogP contribution in [0.2, 0.25) is 0 Å². The Bertz CT molecular complexity index is 1260. The third kappa shape index (κ3) is 5.81. The smallest absolute Gasteiger partial charge is 0.247 e. The maximum Gasteiger partial charge on any atom is 0.247 e. The summed E-state index contributed by atoms with van der Waals surface area (Å²) in [5, 5.41) is 9.86. The fourth-order valence-electron chi connectivity index (χ4n) is 4.64. The number of benzene rings is 3. The molecular weight excluding hydrogens is 472 g/mol. The molecule has 3 atom stereocenters. The number of sulfonamides is 1. The molecule has 3 aromatic carbocycles. The zero-order valence-electron chi connectivity index (χ0n) is 21.5. The summed E-state index contributed by atoms with van der Waals surface area (Å²) in [6, 6.07) is 23.2. The number of ether oxygens (including phenoxy) is 1. The highest BCUT2D eigenvalue weighted by atomic mass is 32.2. The van der Waals surface area contributed by atoms with E-state index in [9.17, 15) is 13.5 Å². The summed E-state index contributed by atoms with van der Waals surface area (Å²) in [4.78, 5) is 2.34. The lowest BCUT2D eigenvalue weighted by atomic mass is 10.0. The molecule has 0 unspecified atom stereocenters. The topological polar surface area (TPSA) is 70.1 Å². The van der Waals surface area contributed by atoms with E-state index in [1.807, 2.05) is 68.4 Å². The van der Waals surface area contributed by atoms with Crippen LogP contribution in [0.25, 0.3) is 11.1 Å². The van der Waals surface area contributed by atoms with Gasteiger partial charge in [-0.2, -0.15) is 4.31 Å². The van der Waals surface area contributed by atoms with Gasteiger partial charge < -0.3 is 9.84 Å². The van der Waals surface area contributed by atoms with Crippen molar-refractivity contribution < 1.29 is 18.3 Å². The lowest BCUT2D eigenvalue weighted by Crippen LogP contribution is -2.49. The fourth-order valence-corrected chi connectivity index (χ4v) is 6.46. The zero-order valence-corrected chi connectivity index (χ0v) is 22.3. The molecule has 0 spiro atoms. The normalized spacial score (nSPS) is 20.7. The van der Waals surface area contributed by atoms with Crippen LogP contribution >= 0.6 is 0 Å². The molecule has 3 aromatic rings. The predicted octanol–water partition coefficient (Wildman–Crippen LogP) is 4.56. The molecule has 1 aliphatic heterocycles. The van der Waals surface area contributed by atoms with Crippen molar-refractivity contribution >= 4 is 10.0 Å². The predicted molar refractivity (Wildman–Crippen MR) is 143 cm³/mol. The molecule has 4 rings (SSSR count). The van der Waals surface area contributed by atoms with Crippen molar-refractivity contribution in [2.45, 2.75) is 44.4 Å². The van der Waals surface area contributed by atoms with Crippen LogP contribution in [0.5, 0.6) is 5.75 Å². The van der Waals surface area contributed by atoms with E-state index < -0.39 is 16.1 Å². The van der Waals surface area contributed by atoms with E-state index in [4.69, 9.17) is 4.74 Å². The number of rotatable bonds is 7. The first kappa shape index (κ1) is 26.4. The summed E-state index contributed by atoms with van der Waals surface area (Å²) in [6.45, 7) is 7.21. The Labute approximate surface area is 215 Å². The van der Waals surface area contributed by atoms with E-state index in [-0.39, 0.29) is 30.1 Å². The Morgan fingerprint density at radius 2 is 1.72 bits per heavy atom. The number of hydrogen-bond donors (Lipinski definition) is 1. The van der Waals surface area contributed by atoms with Gasteiger partial charge in [0.05, 0.1) is 6.61 Å². The molecule has 0 aliphatic carbocycles. The molecule has 0 saturated carbocycles. The minimum atomic E-state index is -3.86. The number of hydrogen-bond acceptors (Lipinski definition) is 5. The van der Waals surface area contributed by atoms with Crippen LogP contribution in [-0.4, -0.2) is 61.6 Å². The Morgan fingerprint density at radius 3 is 2.39 bits per heavy atom. The van der Waals surface area contributed by atoms with E-state index >= 15 is 0 Å². The van der Waals surface area contributed by atoms with Gasteiger partial charge in [0.15, 0.2) is 0 Å².